The normalized spacial score (nSPS) is 11.4. The molecule has 5 rings (SSSR count). The van der Waals surface area contributed by atoms with Crippen LogP contribution < -0.4 is 20.1 Å². The van der Waals surface area contributed by atoms with Crippen LogP contribution in [0.3, 0.4) is 0 Å². The second-order valence-electron chi connectivity index (χ2n) is 9.08. The lowest BCUT2D eigenvalue weighted by molar-refractivity contribution is -0.538. The third-order valence-corrected chi connectivity index (χ3v) is 6.64. The number of likely N-dealkylation sites (N-methyl/N-ethyl adjacent to an activating group) is 1. The molecule has 1 aromatic heterocycles. The molecule has 2 N–H and O–H groups in total. The first-order valence-corrected chi connectivity index (χ1v) is 13.2. The Morgan fingerprint density at radius 1 is 0.737 bits per heavy atom. The van der Waals surface area contributed by atoms with Crippen molar-refractivity contribution in [2.45, 2.75) is 13.8 Å². The summed E-state index contributed by atoms with van der Waals surface area (Å²) in [5.74, 6) is 0. The van der Waals surface area contributed by atoms with E-state index in [1.807, 2.05) is 49.5 Å². The van der Waals surface area contributed by atoms with Crippen LogP contribution in [0.1, 0.15) is 13.8 Å². The summed E-state index contributed by atoms with van der Waals surface area (Å²) in [6, 6.07) is 31.0. The number of hydrogen-bond acceptors (Lipinski definition) is 6. The first-order valence-electron chi connectivity index (χ1n) is 13.2. The van der Waals surface area contributed by atoms with E-state index in [4.69, 9.17) is 4.98 Å². The first kappa shape index (κ1) is 25.3. The van der Waals surface area contributed by atoms with Gasteiger partial charge in [-0.25, -0.2) is 4.98 Å². The van der Waals surface area contributed by atoms with E-state index < -0.39 is 0 Å². The number of rotatable bonds is 10. The summed E-state index contributed by atoms with van der Waals surface area (Å²) in [6.45, 7) is 8.05. The van der Waals surface area contributed by atoms with Crippen molar-refractivity contribution in [3.05, 3.63) is 91.0 Å². The summed E-state index contributed by atoms with van der Waals surface area (Å²) >= 11 is 0. The Labute approximate surface area is 223 Å². The second-order valence-corrected chi connectivity index (χ2v) is 9.08. The van der Waals surface area contributed by atoms with Gasteiger partial charge in [0.05, 0.1) is 11.4 Å². The van der Waals surface area contributed by atoms with Crippen molar-refractivity contribution in [1.82, 2.24) is 10.3 Å². The SMILES string of the molecule is CCN(CC)c1ccc2nc3ccc(N=Nc4ccc(NCCNC)cc4)cc3[n+](-c3ccccc3)c2c1. The number of azo groups is 1. The van der Waals surface area contributed by atoms with Gasteiger partial charge < -0.3 is 15.5 Å². The lowest BCUT2D eigenvalue weighted by atomic mass is 10.1. The summed E-state index contributed by atoms with van der Waals surface area (Å²) in [4.78, 5) is 7.34. The van der Waals surface area contributed by atoms with Gasteiger partial charge in [-0.3, -0.25) is 0 Å². The van der Waals surface area contributed by atoms with Crippen molar-refractivity contribution in [3.63, 3.8) is 0 Å². The van der Waals surface area contributed by atoms with Gasteiger partial charge in [-0.05, 0) is 69.4 Å². The van der Waals surface area contributed by atoms with Gasteiger partial charge in [0.25, 0.3) is 0 Å². The van der Waals surface area contributed by atoms with Crippen LogP contribution in [0.5, 0.6) is 0 Å². The molecule has 0 fully saturated rings. The van der Waals surface area contributed by atoms with Crippen molar-refractivity contribution in [2.24, 2.45) is 10.2 Å². The van der Waals surface area contributed by atoms with Crippen molar-refractivity contribution in [1.29, 1.82) is 0 Å². The van der Waals surface area contributed by atoms with E-state index >= 15 is 0 Å². The Hall–Kier alpha value is -4.36. The minimum atomic E-state index is 0.777. The molecule has 7 nitrogen and oxygen atoms in total. The minimum absolute atomic E-state index is 0.777. The lowest BCUT2D eigenvalue weighted by Gasteiger charge is -2.20. The monoisotopic (exact) mass is 504 g/mol. The predicted molar refractivity (Wildman–Crippen MR) is 157 cm³/mol. The van der Waals surface area contributed by atoms with Gasteiger partial charge >= 0.3 is 0 Å². The van der Waals surface area contributed by atoms with Crippen LogP contribution in [-0.2, 0) is 0 Å². The number of aromatic nitrogens is 2. The van der Waals surface area contributed by atoms with E-state index in [2.05, 4.69) is 92.7 Å². The molecule has 0 aliphatic rings. The molecule has 7 heteroatoms. The van der Waals surface area contributed by atoms with Crippen LogP contribution in [0.25, 0.3) is 27.8 Å². The van der Waals surface area contributed by atoms with Crippen molar-refractivity contribution in [2.75, 3.05) is 43.4 Å². The van der Waals surface area contributed by atoms with Crippen LogP contribution in [-0.4, -0.2) is 38.2 Å². The van der Waals surface area contributed by atoms with Crippen LogP contribution in [0.15, 0.2) is 101 Å². The molecule has 0 amide bonds. The highest BCUT2D eigenvalue weighted by atomic mass is 15.1. The molecule has 5 aromatic rings. The Balaban J connectivity index is 1.56. The van der Waals surface area contributed by atoms with Gasteiger partial charge in [0, 0.05) is 61.8 Å². The van der Waals surface area contributed by atoms with E-state index in [0.29, 0.717) is 0 Å². The van der Waals surface area contributed by atoms with Crippen LogP contribution in [0.2, 0.25) is 0 Å². The summed E-state index contributed by atoms with van der Waals surface area (Å²) in [6.07, 6.45) is 0. The van der Waals surface area contributed by atoms with Gasteiger partial charge in [-0.1, -0.05) is 18.2 Å². The zero-order valence-corrected chi connectivity index (χ0v) is 22.2. The fourth-order valence-electron chi connectivity index (χ4n) is 4.63. The van der Waals surface area contributed by atoms with Gasteiger partial charge in [0.1, 0.15) is 11.0 Å². The van der Waals surface area contributed by atoms with Crippen molar-refractivity contribution < 1.29 is 4.57 Å². The molecule has 0 unspecified atom stereocenters. The molecule has 0 saturated heterocycles. The highest BCUT2D eigenvalue weighted by Crippen LogP contribution is 2.26. The highest BCUT2D eigenvalue weighted by molar-refractivity contribution is 5.85. The Morgan fingerprint density at radius 3 is 2.11 bits per heavy atom. The molecule has 192 valence electrons. The predicted octanol–water partition coefficient (Wildman–Crippen LogP) is 6.56. The van der Waals surface area contributed by atoms with Crippen molar-refractivity contribution in [3.8, 4) is 5.69 Å². The first-order chi connectivity index (χ1) is 18.7. The Morgan fingerprint density at radius 2 is 1.39 bits per heavy atom. The lowest BCUT2D eigenvalue weighted by Crippen LogP contribution is -2.33. The number of anilines is 2. The standard InChI is InChI=1S/C31H33N7/c1-4-37(5-2)27-16-18-29-31(22-27)38(26-9-7-6-8-10-26)30-21-25(15-17-28(30)34-29)36-35-24-13-11-23(12-14-24)33-20-19-32-3/h6-18,21-22,32H,4-5,19-20H2,1-3H3/p+1. The third kappa shape index (κ3) is 5.48. The highest BCUT2D eigenvalue weighted by Gasteiger charge is 2.21. The second kappa shape index (κ2) is 11.8. The smallest absolute Gasteiger partial charge is 0.239 e. The average Bonchev–Trinajstić information content (AvgIpc) is 2.96. The number of nitrogens with one attached hydrogen (secondary N) is 2. The third-order valence-electron chi connectivity index (χ3n) is 6.64. The fraction of sp³-hybridized carbons (Fsp3) is 0.226. The molecule has 38 heavy (non-hydrogen) atoms. The minimum Gasteiger partial charge on any atom is -0.384 e. The zero-order valence-electron chi connectivity index (χ0n) is 22.2. The van der Waals surface area contributed by atoms with Gasteiger partial charge in [-0.15, -0.1) is 4.57 Å². The van der Waals surface area contributed by atoms with E-state index in [1.54, 1.807) is 0 Å². The molecule has 0 aliphatic heterocycles. The molecule has 0 saturated carbocycles. The molecule has 0 radical (unpaired) electrons. The van der Waals surface area contributed by atoms with Gasteiger partial charge in [0.15, 0.2) is 0 Å². The van der Waals surface area contributed by atoms with Crippen LogP contribution in [0, 0.1) is 0 Å². The molecule has 0 bridgehead atoms. The summed E-state index contributed by atoms with van der Waals surface area (Å²) < 4.78 is 2.27. The summed E-state index contributed by atoms with van der Waals surface area (Å²) in [7, 11) is 1.95. The van der Waals surface area contributed by atoms with Crippen molar-refractivity contribution >= 4 is 44.8 Å². The maximum absolute atomic E-state index is 4.99. The number of benzene rings is 4. The van der Waals surface area contributed by atoms with Crippen LogP contribution >= 0.6 is 0 Å². The summed E-state index contributed by atoms with van der Waals surface area (Å²) in [5.41, 5.74) is 8.83. The molecule has 4 aromatic carbocycles. The Kier molecular flexibility index (Phi) is 7.85. The summed E-state index contributed by atoms with van der Waals surface area (Å²) in [5, 5.41) is 15.6. The molecule has 0 atom stereocenters. The van der Waals surface area contributed by atoms with E-state index in [9.17, 15) is 0 Å². The number of fused-ring (bicyclic) bond motifs is 2. The quantitative estimate of drug-likeness (QED) is 0.0978. The van der Waals surface area contributed by atoms with E-state index in [0.717, 1.165) is 71.0 Å². The van der Waals surface area contributed by atoms with Gasteiger partial charge in [0.2, 0.25) is 16.7 Å². The number of hydrogen-bond donors (Lipinski definition) is 2. The topological polar surface area (TPSA) is 68.8 Å². The van der Waals surface area contributed by atoms with E-state index in [1.165, 1.54) is 5.69 Å². The molecule has 0 spiro atoms. The van der Waals surface area contributed by atoms with E-state index in [-0.39, 0.29) is 0 Å². The Bertz CT molecular complexity index is 1540. The molecule has 0 aliphatic carbocycles. The molecular formula is C31H34N7+. The maximum Gasteiger partial charge on any atom is 0.239 e. The number of nitrogens with zero attached hydrogens (tertiary/aromatic N) is 5. The number of para-hydroxylation sites is 1. The maximum atomic E-state index is 4.99. The molecular weight excluding hydrogens is 470 g/mol. The average molecular weight is 505 g/mol. The van der Waals surface area contributed by atoms with Crippen LogP contribution in [0.4, 0.5) is 22.7 Å². The van der Waals surface area contributed by atoms with Gasteiger partial charge in [-0.2, -0.15) is 10.2 Å². The molecule has 1 heterocycles. The largest absolute Gasteiger partial charge is 0.384 e. The fourth-order valence-corrected chi connectivity index (χ4v) is 4.63. The zero-order chi connectivity index (χ0) is 26.3.